The molecule has 0 aromatic heterocycles. The third kappa shape index (κ3) is 3.10. The van der Waals surface area contributed by atoms with Crippen molar-refractivity contribution in [3.63, 3.8) is 0 Å². The van der Waals surface area contributed by atoms with Crippen molar-refractivity contribution in [1.29, 1.82) is 0 Å². The number of halogens is 5. The molecule has 0 aliphatic rings. The largest absolute Gasteiger partial charge is 0.458 e. The predicted molar refractivity (Wildman–Crippen MR) is 55.9 cm³/mol. The zero-order valence-corrected chi connectivity index (χ0v) is 9.99. The van der Waals surface area contributed by atoms with Crippen molar-refractivity contribution in [3.8, 4) is 0 Å². The number of hydrogen-bond acceptors (Lipinski definition) is 2. The van der Waals surface area contributed by atoms with Gasteiger partial charge in [0.2, 0.25) is 5.82 Å². The number of esters is 1. The molecule has 0 atom stereocenters. The lowest BCUT2D eigenvalue weighted by molar-refractivity contribution is 0.0534. The Morgan fingerprint density at radius 2 is 1.37 bits per heavy atom. The second kappa shape index (κ2) is 5.81. The van der Waals surface area contributed by atoms with Gasteiger partial charge in [0.15, 0.2) is 23.3 Å². The van der Waals surface area contributed by atoms with Crippen molar-refractivity contribution in [3.05, 3.63) is 46.3 Å². The Morgan fingerprint density at radius 3 is 1.79 bits per heavy atom. The molecule has 0 radical (unpaired) electrons. The van der Waals surface area contributed by atoms with E-state index in [1.54, 1.807) is 13.8 Å². The summed E-state index contributed by atoms with van der Waals surface area (Å²) in [7, 11) is 0. The summed E-state index contributed by atoms with van der Waals surface area (Å²) in [5.74, 6) is -12.7. The van der Waals surface area contributed by atoms with E-state index in [9.17, 15) is 26.7 Å². The van der Waals surface area contributed by atoms with E-state index in [1.165, 1.54) is 6.08 Å². The van der Waals surface area contributed by atoms with E-state index in [-0.39, 0.29) is 6.61 Å². The van der Waals surface area contributed by atoms with Gasteiger partial charge in [0, 0.05) is 0 Å². The van der Waals surface area contributed by atoms with Gasteiger partial charge < -0.3 is 4.74 Å². The lowest BCUT2D eigenvalue weighted by Gasteiger charge is -2.07. The Hall–Kier alpha value is -1.92. The minimum Gasteiger partial charge on any atom is -0.458 e. The van der Waals surface area contributed by atoms with E-state index < -0.39 is 40.6 Å². The SMILES string of the molecule is CC(C)=CCOC(=O)c1c(F)c(F)c(F)c(F)c1F. The van der Waals surface area contributed by atoms with Gasteiger partial charge in [-0.25, -0.2) is 26.7 Å². The maximum absolute atomic E-state index is 13.2. The van der Waals surface area contributed by atoms with E-state index in [0.717, 1.165) is 5.57 Å². The van der Waals surface area contributed by atoms with Crippen LogP contribution >= 0.6 is 0 Å². The first-order valence-corrected chi connectivity index (χ1v) is 5.09. The first kappa shape index (κ1) is 15.1. The van der Waals surface area contributed by atoms with Gasteiger partial charge in [-0.3, -0.25) is 0 Å². The number of carbonyl (C=O) groups is 1. The number of benzene rings is 1. The minimum absolute atomic E-state index is 0.333. The summed E-state index contributed by atoms with van der Waals surface area (Å²) < 4.78 is 69.2. The fourth-order valence-electron chi connectivity index (χ4n) is 1.14. The third-order valence-corrected chi connectivity index (χ3v) is 2.12. The van der Waals surface area contributed by atoms with E-state index in [1.807, 2.05) is 0 Å². The lowest BCUT2D eigenvalue weighted by Crippen LogP contribution is -2.15. The van der Waals surface area contributed by atoms with E-state index in [0.29, 0.717) is 0 Å². The van der Waals surface area contributed by atoms with Crippen molar-refractivity contribution in [2.45, 2.75) is 13.8 Å². The molecule has 0 spiro atoms. The molecule has 0 amide bonds. The Labute approximate surface area is 105 Å². The fourth-order valence-corrected chi connectivity index (χ4v) is 1.14. The molecule has 0 saturated carbocycles. The molecule has 0 N–H and O–H groups in total. The molecular formula is C12H9F5O2. The molecule has 104 valence electrons. The lowest BCUT2D eigenvalue weighted by atomic mass is 10.1. The summed E-state index contributed by atoms with van der Waals surface area (Å²) in [6.45, 7) is 3.01. The Morgan fingerprint density at radius 1 is 0.947 bits per heavy atom. The van der Waals surface area contributed by atoms with E-state index >= 15 is 0 Å². The quantitative estimate of drug-likeness (QED) is 0.278. The van der Waals surface area contributed by atoms with Crippen LogP contribution in [0, 0.1) is 29.1 Å². The molecule has 1 aromatic rings. The number of ether oxygens (including phenoxy) is 1. The maximum Gasteiger partial charge on any atom is 0.344 e. The topological polar surface area (TPSA) is 26.3 Å². The summed E-state index contributed by atoms with van der Waals surface area (Å²) in [5, 5.41) is 0. The van der Waals surface area contributed by atoms with Crippen LogP contribution in [0.5, 0.6) is 0 Å². The highest BCUT2D eigenvalue weighted by Gasteiger charge is 2.30. The molecular weight excluding hydrogens is 271 g/mol. The van der Waals surface area contributed by atoms with Crippen LogP contribution in [0.3, 0.4) is 0 Å². The summed E-state index contributed by atoms with van der Waals surface area (Å²) in [4.78, 5) is 11.3. The zero-order chi connectivity index (χ0) is 14.7. The number of carbonyl (C=O) groups excluding carboxylic acids is 1. The first-order chi connectivity index (χ1) is 8.77. The molecule has 1 aromatic carbocycles. The van der Waals surface area contributed by atoms with Gasteiger partial charge in [-0.15, -0.1) is 0 Å². The molecule has 0 bridgehead atoms. The number of hydrogen-bond donors (Lipinski definition) is 0. The molecule has 0 fully saturated rings. The smallest absolute Gasteiger partial charge is 0.344 e. The van der Waals surface area contributed by atoms with Crippen LogP contribution in [0.15, 0.2) is 11.6 Å². The van der Waals surface area contributed by atoms with Crippen molar-refractivity contribution in [2.75, 3.05) is 6.61 Å². The molecule has 0 aliphatic heterocycles. The van der Waals surface area contributed by atoms with Crippen molar-refractivity contribution in [2.24, 2.45) is 0 Å². The average molecular weight is 280 g/mol. The van der Waals surface area contributed by atoms with Gasteiger partial charge in [-0.1, -0.05) is 5.57 Å². The van der Waals surface area contributed by atoms with Gasteiger partial charge in [0.25, 0.3) is 0 Å². The molecule has 0 unspecified atom stereocenters. The highest BCUT2D eigenvalue weighted by atomic mass is 19.2. The second-order valence-corrected chi connectivity index (χ2v) is 3.82. The zero-order valence-electron chi connectivity index (χ0n) is 9.99. The fraction of sp³-hybridized carbons (Fsp3) is 0.250. The van der Waals surface area contributed by atoms with Gasteiger partial charge in [0.1, 0.15) is 12.2 Å². The monoisotopic (exact) mass is 280 g/mol. The van der Waals surface area contributed by atoms with Crippen LogP contribution in [0.25, 0.3) is 0 Å². The Bertz CT molecular complexity index is 519. The summed E-state index contributed by atoms with van der Waals surface area (Å²) in [6.07, 6.45) is 1.41. The minimum atomic E-state index is -2.32. The van der Waals surface area contributed by atoms with Crippen LogP contribution in [-0.4, -0.2) is 12.6 Å². The first-order valence-electron chi connectivity index (χ1n) is 5.09. The normalized spacial score (nSPS) is 10.3. The maximum atomic E-state index is 13.2. The molecule has 7 heteroatoms. The van der Waals surface area contributed by atoms with E-state index in [2.05, 4.69) is 4.74 Å². The highest BCUT2D eigenvalue weighted by molar-refractivity contribution is 5.90. The second-order valence-electron chi connectivity index (χ2n) is 3.82. The number of allylic oxidation sites excluding steroid dienone is 1. The molecule has 1 rings (SSSR count). The van der Waals surface area contributed by atoms with Crippen LogP contribution in [0.2, 0.25) is 0 Å². The van der Waals surface area contributed by atoms with Crippen LogP contribution in [-0.2, 0) is 4.74 Å². The molecule has 0 heterocycles. The van der Waals surface area contributed by atoms with Crippen LogP contribution in [0.1, 0.15) is 24.2 Å². The van der Waals surface area contributed by atoms with Gasteiger partial charge >= 0.3 is 5.97 Å². The highest BCUT2D eigenvalue weighted by Crippen LogP contribution is 2.23. The van der Waals surface area contributed by atoms with Crippen molar-refractivity contribution >= 4 is 5.97 Å². The Balaban J connectivity index is 3.14. The molecule has 0 saturated heterocycles. The van der Waals surface area contributed by atoms with Gasteiger partial charge in [-0.05, 0) is 19.9 Å². The summed E-state index contributed by atoms with van der Waals surface area (Å²) in [5.41, 5.74) is -0.844. The van der Waals surface area contributed by atoms with Crippen molar-refractivity contribution in [1.82, 2.24) is 0 Å². The Kier molecular flexibility index (Phi) is 4.63. The average Bonchev–Trinajstić information content (AvgIpc) is 2.34. The van der Waals surface area contributed by atoms with E-state index in [4.69, 9.17) is 0 Å². The molecule has 2 nitrogen and oxygen atoms in total. The third-order valence-electron chi connectivity index (χ3n) is 2.12. The van der Waals surface area contributed by atoms with Crippen LogP contribution < -0.4 is 0 Å². The molecule has 0 aliphatic carbocycles. The van der Waals surface area contributed by atoms with Crippen LogP contribution in [0.4, 0.5) is 22.0 Å². The standard InChI is InChI=1S/C12H9F5O2/c1-5(2)3-4-19-12(18)6-7(13)9(15)11(17)10(16)8(6)14/h3H,4H2,1-2H3. The van der Waals surface area contributed by atoms with Crippen molar-refractivity contribution < 1.29 is 31.5 Å². The van der Waals surface area contributed by atoms with Gasteiger partial charge in [-0.2, -0.15) is 0 Å². The predicted octanol–water partition coefficient (Wildman–Crippen LogP) is 3.51. The van der Waals surface area contributed by atoms with Gasteiger partial charge in [0.05, 0.1) is 0 Å². The summed E-state index contributed by atoms with van der Waals surface area (Å²) in [6, 6.07) is 0. The number of rotatable bonds is 3. The molecule has 19 heavy (non-hydrogen) atoms. The summed E-state index contributed by atoms with van der Waals surface area (Å²) >= 11 is 0.